The molecule has 0 aliphatic rings. The highest BCUT2D eigenvalue weighted by atomic mass is 16.5. The molecule has 0 N–H and O–H groups in total. The highest BCUT2D eigenvalue weighted by Crippen LogP contribution is 2.22. The summed E-state index contributed by atoms with van der Waals surface area (Å²) < 4.78 is 7.30. The van der Waals surface area contributed by atoms with Gasteiger partial charge in [0.2, 0.25) is 0 Å². The lowest BCUT2D eigenvalue weighted by Crippen LogP contribution is -2.31. The van der Waals surface area contributed by atoms with Gasteiger partial charge in [0, 0.05) is 18.7 Å². The fraction of sp³-hybridized carbons (Fsp3) is 0.250. The first-order chi connectivity index (χ1) is 12.7. The lowest BCUT2D eigenvalue weighted by molar-refractivity contribution is 0.0751. The Bertz CT molecular complexity index is 862. The summed E-state index contributed by atoms with van der Waals surface area (Å²) in [5, 5.41) is 4.15. The molecule has 6 heteroatoms. The Labute approximate surface area is 153 Å². The molecule has 1 aromatic heterocycles. The Morgan fingerprint density at radius 1 is 1.12 bits per heavy atom. The molecule has 0 spiro atoms. The number of ether oxygens (including phenoxy) is 1. The lowest BCUT2D eigenvalue weighted by atomic mass is 10.1. The number of carbonyl (C=O) groups excluding carboxylic acids is 1. The van der Waals surface area contributed by atoms with E-state index in [9.17, 15) is 4.79 Å². The minimum atomic E-state index is -0.0510. The number of aromatic nitrogens is 3. The van der Waals surface area contributed by atoms with Crippen molar-refractivity contribution in [2.24, 2.45) is 0 Å². The van der Waals surface area contributed by atoms with Gasteiger partial charge in [-0.15, -0.1) is 0 Å². The second kappa shape index (κ2) is 8.29. The van der Waals surface area contributed by atoms with E-state index in [2.05, 4.69) is 10.1 Å². The highest BCUT2D eigenvalue weighted by molar-refractivity contribution is 5.97. The first-order valence-electron chi connectivity index (χ1n) is 8.68. The molecular weight excluding hydrogens is 328 g/mol. The van der Waals surface area contributed by atoms with Gasteiger partial charge in [0.1, 0.15) is 18.4 Å². The van der Waals surface area contributed by atoms with Gasteiger partial charge in [-0.2, -0.15) is 5.10 Å². The van der Waals surface area contributed by atoms with Crippen LogP contribution in [0.1, 0.15) is 29.8 Å². The van der Waals surface area contributed by atoms with Crippen molar-refractivity contribution >= 4 is 5.91 Å². The summed E-state index contributed by atoms with van der Waals surface area (Å²) in [6, 6.07) is 15.2. The zero-order chi connectivity index (χ0) is 18.4. The summed E-state index contributed by atoms with van der Waals surface area (Å²) in [7, 11) is 0. The molecule has 0 unspecified atom stereocenters. The predicted molar refractivity (Wildman–Crippen MR) is 99.4 cm³/mol. The molecular formula is C20H22N4O2. The quantitative estimate of drug-likeness (QED) is 0.656. The molecule has 26 heavy (non-hydrogen) atoms. The average Bonchev–Trinajstić information content (AvgIpc) is 3.21. The zero-order valence-corrected chi connectivity index (χ0v) is 15.0. The molecule has 6 nitrogen and oxygen atoms in total. The molecule has 0 aliphatic carbocycles. The number of hydrogen-bond donors (Lipinski definition) is 0. The minimum absolute atomic E-state index is 0.0510. The number of rotatable bonds is 7. The first-order valence-corrected chi connectivity index (χ1v) is 8.68. The van der Waals surface area contributed by atoms with Gasteiger partial charge >= 0.3 is 0 Å². The number of hydrogen-bond acceptors (Lipinski definition) is 4. The maximum absolute atomic E-state index is 13.2. The fourth-order valence-corrected chi connectivity index (χ4v) is 2.82. The maximum atomic E-state index is 13.2. The molecule has 3 rings (SSSR count). The third-order valence-corrected chi connectivity index (χ3v) is 4.10. The van der Waals surface area contributed by atoms with Gasteiger partial charge in [-0.1, -0.05) is 30.3 Å². The van der Waals surface area contributed by atoms with E-state index in [4.69, 9.17) is 4.74 Å². The van der Waals surface area contributed by atoms with E-state index in [-0.39, 0.29) is 5.91 Å². The van der Waals surface area contributed by atoms with E-state index in [0.717, 1.165) is 11.3 Å². The predicted octanol–water partition coefficient (Wildman–Crippen LogP) is 3.33. The molecule has 1 heterocycles. The molecule has 134 valence electrons. The van der Waals surface area contributed by atoms with Crippen LogP contribution in [0.3, 0.4) is 0 Å². The normalized spacial score (nSPS) is 10.5. The van der Waals surface area contributed by atoms with Crippen LogP contribution in [0.2, 0.25) is 0 Å². The Hall–Kier alpha value is -3.15. The molecule has 0 saturated carbocycles. The van der Waals surface area contributed by atoms with E-state index >= 15 is 0 Å². The number of para-hydroxylation sites is 2. The van der Waals surface area contributed by atoms with Crippen LogP contribution in [0.5, 0.6) is 5.75 Å². The van der Waals surface area contributed by atoms with Gasteiger partial charge in [0.25, 0.3) is 5.91 Å². The summed E-state index contributed by atoms with van der Waals surface area (Å²) in [5.74, 6) is 0.760. The van der Waals surface area contributed by atoms with Crippen molar-refractivity contribution in [3.8, 4) is 11.4 Å². The van der Waals surface area contributed by atoms with E-state index in [1.54, 1.807) is 15.9 Å². The van der Waals surface area contributed by atoms with Crippen LogP contribution < -0.4 is 4.74 Å². The van der Waals surface area contributed by atoms with Gasteiger partial charge in [-0.05, 0) is 32.0 Å². The van der Waals surface area contributed by atoms with Crippen molar-refractivity contribution < 1.29 is 9.53 Å². The van der Waals surface area contributed by atoms with Crippen molar-refractivity contribution in [2.45, 2.75) is 20.4 Å². The molecule has 0 atom stereocenters. The molecule has 0 fully saturated rings. The Morgan fingerprint density at radius 2 is 1.88 bits per heavy atom. The van der Waals surface area contributed by atoms with Crippen LogP contribution in [0.15, 0.2) is 61.2 Å². The number of carbonyl (C=O) groups is 1. The van der Waals surface area contributed by atoms with Gasteiger partial charge < -0.3 is 9.64 Å². The van der Waals surface area contributed by atoms with E-state index in [0.29, 0.717) is 30.9 Å². The van der Waals surface area contributed by atoms with Crippen molar-refractivity contribution in [3.63, 3.8) is 0 Å². The Balaban J connectivity index is 1.89. The third-order valence-electron chi connectivity index (χ3n) is 4.10. The van der Waals surface area contributed by atoms with Gasteiger partial charge in [0.15, 0.2) is 0 Å². The molecule has 0 saturated heterocycles. The van der Waals surface area contributed by atoms with Gasteiger partial charge in [-0.25, -0.2) is 9.67 Å². The van der Waals surface area contributed by atoms with Crippen LogP contribution in [-0.4, -0.2) is 38.7 Å². The summed E-state index contributed by atoms with van der Waals surface area (Å²) in [4.78, 5) is 19.0. The second-order valence-electron chi connectivity index (χ2n) is 5.72. The highest BCUT2D eigenvalue weighted by Gasteiger charge is 2.20. The first kappa shape index (κ1) is 17.7. The minimum Gasteiger partial charge on any atom is -0.494 e. The van der Waals surface area contributed by atoms with Crippen LogP contribution in [0.4, 0.5) is 0 Å². The SMILES string of the molecule is CCOc1ccccc1CN(CC)C(=O)c1ccccc1-n1cncn1. The topological polar surface area (TPSA) is 60.2 Å². The van der Waals surface area contributed by atoms with Crippen LogP contribution in [0, 0.1) is 0 Å². The van der Waals surface area contributed by atoms with E-state index in [1.165, 1.54) is 6.33 Å². The van der Waals surface area contributed by atoms with E-state index in [1.807, 2.05) is 62.4 Å². The standard InChI is InChI=1S/C20H22N4O2/c1-3-23(13-16-9-5-8-12-19(16)26-4-2)20(25)17-10-6-7-11-18(17)24-15-21-14-22-24/h5-12,14-15H,3-4,13H2,1-2H3. The average molecular weight is 350 g/mol. The Morgan fingerprint density at radius 3 is 2.62 bits per heavy atom. The number of benzene rings is 2. The summed E-state index contributed by atoms with van der Waals surface area (Å²) >= 11 is 0. The molecule has 1 amide bonds. The smallest absolute Gasteiger partial charge is 0.256 e. The summed E-state index contributed by atoms with van der Waals surface area (Å²) in [5.41, 5.74) is 2.29. The lowest BCUT2D eigenvalue weighted by Gasteiger charge is -2.23. The second-order valence-corrected chi connectivity index (χ2v) is 5.72. The molecule has 0 bridgehead atoms. The van der Waals surface area contributed by atoms with Gasteiger partial charge in [0.05, 0.1) is 17.9 Å². The van der Waals surface area contributed by atoms with Crippen LogP contribution in [-0.2, 0) is 6.54 Å². The zero-order valence-electron chi connectivity index (χ0n) is 15.0. The largest absolute Gasteiger partial charge is 0.494 e. The summed E-state index contributed by atoms with van der Waals surface area (Å²) in [6.07, 6.45) is 3.05. The summed E-state index contributed by atoms with van der Waals surface area (Å²) in [6.45, 7) is 5.58. The third kappa shape index (κ3) is 3.74. The Kier molecular flexibility index (Phi) is 5.63. The number of nitrogens with zero attached hydrogens (tertiary/aromatic N) is 4. The fourth-order valence-electron chi connectivity index (χ4n) is 2.82. The number of amides is 1. The monoisotopic (exact) mass is 350 g/mol. The van der Waals surface area contributed by atoms with Gasteiger partial charge in [-0.3, -0.25) is 4.79 Å². The molecule has 2 aromatic carbocycles. The molecule has 0 aliphatic heterocycles. The van der Waals surface area contributed by atoms with E-state index < -0.39 is 0 Å². The molecule has 0 radical (unpaired) electrons. The van der Waals surface area contributed by atoms with Crippen molar-refractivity contribution in [1.29, 1.82) is 0 Å². The van der Waals surface area contributed by atoms with Crippen LogP contribution >= 0.6 is 0 Å². The molecule has 3 aromatic rings. The van der Waals surface area contributed by atoms with Crippen molar-refractivity contribution in [3.05, 3.63) is 72.3 Å². The van der Waals surface area contributed by atoms with Crippen molar-refractivity contribution in [2.75, 3.05) is 13.2 Å². The van der Waals surface area contributed by atoms with Crippen molar-refractivity contribution in [1.82, 2.24) is 19.7 Å². The maximum Gasteiger partial charge on any atom is 0.256 e. The van der Waals surface area contributed by atoms with Crippen LogP contribution in [0.25, 0.3) is 5.69 Å².